The molecule has 6 heteroatoms. The molecule has 0 spiro atoms. The van der Waals surface area contributed by atoms with Gasteiger partial charge in [0.2, 0.25) is 0 Å². The lowest BCUT2D eigenvalue weighted by Gasteiger charge is -2.38. The van der Waals surface area contributed by atoms with Crippen LogP contribution in [-0.2, 0) is 0 Å². The van der Waals surface area contributed by atoms with Crippen LogP contribution in [0.1, 0.15) is 13.8 Å². The molecule has 0 aromatic carbocycles. The highest BCUT2D eigenvalue weighted by Crippen LogP contribution is 2.04. The first-order valence-electron chi connectivity index (χ1n) is 6.84. The minimum absolute atomic E-state index is 0.191. The van der Waals surface area contributed by atoms with Gasteiger partial charge in [0.15, 0.2) is 10.2 Å². The molecular weight excluding hydrogens is 288 g/mol. The fourth-order valence-corrected chi connectivity index (χ4v) is 2.54. The van der Waals surface area contributed by atoms with Crippen molar-refractivity contribution in [1.82, 2.24) is 20.4 Å². The van der Waals surface area contributed by atoms with Crippen molar-refractivity contribution in [2.24, 2.45) is 0 Å². The van der Waals surface area contributed by atoms with Gasteiger partial charge in [-0.15, -0.1) is 13.2 Å². The molecule has 0 saturated carbocycles. The molecule has 0 unspecified atom stereocenters. The molecule has 112 valence electrons. The molecule has 1 saturated heterocycles. The van der Waals surface area contributed by atoms with Crippen LogP contribution in [0.4, 0.5) is 0 Å². The van der Waals surface area contributed by atoms with E-state index in [-0.39, 0.29) is 12.1 Å². The Morgan fingerprint density at radius 3 is 1.45 bits per heavy atom. The summed E-state index contributed by atoms with van der Waals surface area (Å²) in [4.78, 5) is 4.34. The van der Waals surface area contributed by atoms with Crippen LogP contribution in [0.5, 0.6) is 0 Å². The maximum Gasteiger partial charge on any atom is 0.169 e. The fraction of sp³-hybridized carbons (Fsp3) is 0.571. The smallest absolute Gasteiger partial charge is 0.169 e. The standard InChI is InChI=1S/C14H24N4S2/c1-5-11(3)15-13(19)17-7-9-18(10-8-17)14(20)16-12(4)6-2/h5-6,11-12H,1-2,7-10H2,3-4H3,(H,15,19)(H,16,20)/t11-,12-/m1/s1. The van der Waals surface area contributed by atoms with Crippen LogP contribution in [0.2, 0.25) is 0 Å². The zero-order valence-corrected chi connectivity index (χ0v) is 13.9. The van der Waals surface area contributed by atoms with E-state index >= 15 is 0 Å². The highest BCUT2D eigenvalue weighted by molar-refractivity contribution is 7.80. The van der Waals surface area contributed by atoms with Gasteiger partial charge in [0.1, 0.15) is 0 Å². The molecule has 2 atom stereocenters. The molecule has 4 nitrogen and oxygen atoms in total. The summed E-state index contributed by atoms with van der Waals surface area (Å²) >= 11 is 10.8. The highest BCUT2D eigenvalue weighted by Gasteiger charge is 2.21. The lowest BCUT2D eigenvalue weighted by atomic mass is 10.3. The normalized spacial score (nSPS) is 17.9. The van der Waals surface area contributed by atoms with Crippen molar-refractivity contribution in [3.8, 4) is 0 Å². The molecule has 0 bridgehead atoms. The van der Waals surface area contributed by atoms with E-state index in [2.05, 4.69) is 33.6 Å². The van der Waals surface area contributed by atoms with Crippen molar-refractivity contribution in [1.29, 1.82) is 0 Å². The Kier molecular flexibility index (Phi) is 6.95. The Labute approximate surface area is 132 Å². The minimum atomic E-state index is 0.191. The molecule has 0 radical (unpaired) electrons. The Morgan fingerprint density at radius 1 is 0.900 bits per heavy atom. The number of nitrogens with one attached hydrogen (secondary N) is 2. The van der Waals surface area contributed by atoms with Crippen LogP contribution in [0, 0.1) is 0 Å². The van der Waals surface area contributed by atoms with Gasteiger partial charge in [0.05, 0.1) is 0 Å². The molecule has 0 amide bonds. The summed E-state index contributed by atoms with van der Waals surface area (Å²) in [5.41, 5.74) is 0. The maximum atomic E-state index is 5.40. The van der Waals surface area contributed by atoms with Crippen molar-refractivity contribution >= 4 is 34.7 Å². The maximum absolute atomic E-state index is 5.40. The summed E-state index contributed by atoms with van der Waals surface area (Å²) in [5.74, 6) is 0. The van der Waals surface area contributed by atoms with Gasteiger partial charge in [0.25, 0.3) is 0 Å². The zero-order chi connectivity index (χ0) is 15.1. The number of thiocarbonyl (C=S) groups is 2. The summed E-state index contributed by atoms with van der Waals surface area (Å²) in [7, 11) is 0. The molecule has 20 heavy (non-hydrogen) atoms. The van der Waals surface area contributed by atoms with Crippen LogP contribution in [-0.4, -0.2) is 58.3 Å². The topological polar surface area (TPSA) is 30.5 Å². The molecular formula is C14H24N4S2. The van der Waals surface area contributed by atoms with Gasteiger partial charge < -0.3 is 20.4 Å². The number of rotatable bonds is 4. The van der Waals surface area contributed by atoms with E-state index in [9.17, 15) is 0 Å². The average molecular weight is 313 g/mol. The predicted molar refractivity (Wildman–Crippen MR) is 93.9 cm³/mol. The van der Waals surface area contributed by atoms with E-state index in [1.165, 1.54) is 0 Å². The lowest BCUT2D eigenvalue weighted by Crippen LogP contribution is -2.56. The predicted octanol–water partition coefficient (Wildman–Crippen LogP) is 1.50. The van der Waals surface area contributed by atoms with E-state index in [0.717, 1.165) is 36.4 Å². The molecule has 1 aliphatic heterocycles. The Morgan fingerprint density at radius 2 is 1.20 bits per heavy atom. The van der Waals surface area contributed by atoms with Gasteiger partial charge >= 0.3 is 0 Å². The van der Waals surface area contributed by atoms with Gasteiger partial charge in [-0.05, 0) is 38.3 Å². The Hall–Kier alpha value is -1.14. The number of hydrogen-bond acceptors (Lipinski definition) is 2. The van der Waals surface area contributed by atoms with E-state index in [1.807, 2.05) is 26.0 Å². The average Bonchev–Trinajstić information content (AvgIpc) is 2.46. The third-order valence-electron chi connectivity index (χ3n) is 3.26. The number of piperazine rings is 1. The highest BCUT2D eigenvalue weighted by atomic mass is 32.1. The largest absolute Gasteiger partial charge is 0.357 e. The molecule has 0 aromatic heterocycles. The second kappa shape index (κ2) is 8.21. The van der Waals surface area contributed by atoms with Gasteiger partial charge in [-0.25, -0.2) is 0 Å². The third-order valence-corrected chi connectivity index (χ3v) is 4.02. The van der Waals surface area contributed by atoms with E-state index in [4.69, 9.17) is 24.4 Å². The first kappa shape index (κ1) is 16.9. The summed E-state index contributed by atoms with van der Waals surface area (Å²) in [6.07, 6.45) is 3.69. The summed E-state index contributed by atoms with van der Waals surface area (Å²) in [5, 5.41) is 8.06. The van der Waals surface area contributed by atoms with Crippen molar-refractivity contribution in [3.63, 3.8) is 0 Å². The first-order valence-corrected chi connectivity index (χ1v) is 7.65. The second-order valence-electron chi connectivity index (χ2n) is 4.92. The SMILES string of the molecule is C=C[C@@H](C)NC(=S)N1CCN(C(=S)N[C@H](C)C=C)CC1. The Balaban J connectivity index is 2.39. The van der Waals surface area contributed by atoms with Crippen LogP contribution < -0.4 is 10.6 Å². The lowest BCUT2D eigenvalue weighted by molar-refractivity contribution is 0.253. The van der Waals surface area contributed by atoms with Crippen molar-refractivity contribution in [2.75, 3.05) is 26.2 Å². The van der Waals surface area contributed by atoms with Gasteiger partial charge in [0, 0.05) is 38.3 Å². The van der Waals surface area contributed by atoms with Gasteiger partial charge in [-0.1, -0.05) is 12.2 Å². The zero-order valence-electron chi connectivity index (χ0n) is 12.3. The van der Waals surface area contributed by atoms with E-state index < -0.39 is 0 Å². The minimum Gasteiger partial charge on any atom is -0.357 e. The van der Waals surface area contributed by atoms with E-state index in [1.54, 1.807) is 0 Å². The number of nitrogens with zero attached hydrogens (tertiary/aromatic N) is 2. The molecule has 1 aliphatic rings. The summed E-state index contributed by atoms with van der Waals surface area (Å²) in [6, 6.07) is 0.383. The van der Waals surface area contributed by atoms with Crippen LogP contribution >= 0.6 is 24.4 Å². The van der Waals surface area contributed by atoms with Gasteiger partial charge in [-0.2, -0.15) is 0 Å². The summed E-state index contributed by atoms with van der Waals surface area (Å²) in [6.45, 7) is 15.1. The molecule has 2 N–H and O–H groups in total. The summed E-state index contributed by atoms with van der Waals surface area (Å²) < 4.78 is 0. The molecule has 0 aliphatic carbocycles. The first-order chi connectivity index (χ1) is 9.47. The molecule has 0 aromatic rings. The van der Waals surface area contributed by atoms with Gasteiger partial charge in [-0.3, -0.25) is 0 Å². The van der Waals surface area contributed by atoms with Crippen molar-refractivity contribution < 1.29 is 0 Å². The molecule has 1 rings (SSSR count). The van der Waals surface area contributed by atoms with Crippen LogP contribution in [0.15, 0.2) is 25.3 Å². The van der Waals surface area contributed by atoms with Crippen LogP contribution in [0.3, 0.4) is 0 Å². The Bertz CT molecular complexity index is 339. The monoisotopic (exact) mass is 312 g/mol. The van der Waals surface area contributed by atoms with E-state index in [0.29, 0.717) is 0 Å². The second-order valence-corrected chi connectivity index (χ2v) is 5.70. The van der Waals surface area contributed by atoms with Crippen LogP contribution in [0.25, 0.3) is 0 Å². The van der Waals surface area contributed by atoms with Crippen molar-refractivity contribution in [2.45, 2.75) is 25.9 Å². The molecule has 1 heterocycles. The quantitative estimate of drug-likeness (QED) is 0.604. The number of hydrogen-bond donors (Lipinski definition) is 2. The third kappa shape index (κ3) is 5.09. The fourth-order valence-electron chi connectivity index (χ4n) is 1.80. The van der Waals surface area contributed by atoms with Crippen molar-refractivity contribution in [3.05, 3.63) is 25.3 Å². The molecule has 1 fully saturated rings.